The molecule has 0 aromatic heterocycles. The van der Waals surface area contributed by atoms with Crippen LogP contribution in [0.2, 0.25) is 0 Å². The van der Waals surface area contributed by atoms with Gasteiger partial charge in [0.2, 0.25) is 5.91 Å². The number of nitro groups is 1. The van der Waals surface area contributed by atoms with Crippen LogP contribution in [0.5, 0.6) is 11.5 Å². The fourth-order valence-electron chi connectivity index (χ4n) is 2.80. The van der Waals surface area contributed by atoms with Gasteiger partial charge in [-0.1, -0.05) is 42.2 Å². The van der Waals surface area contributed by atoms with Gasteiger partial charge in [0.1, 0.15) is 16.6 Å². The van der Waals surface area contributed by atoms with E-state index < -0.39 is 16.7 Å². The molecule has 0 saturated carbocycles. The third-order valence-corrected chi connectivity index (χ3v) is 5.63. The monoisotopic (exact) mass is 459 g/mol. The Labute approximate surface area is 187 Å². The lowest BCUT2D eigenvalue weighted by Crippen LogP contribution is -2.36. The molecule has 2 aromatic carbocycles. The maximum atomic E-state index is 12.8. The molecule has 0 bridgehead atoms. The molecule has 1 aliphatic rings. The molecular weight excluding hydrogens is 442 g/mol. The van der Waals surface area contributed by atoms with Crippen molar-refractivity contribution in [3.05, 3.63) is 63.0 Å². The van der Waals surface area contributed by atoms with Gasteiger partial charge in [-0.3, -0.25) is 24.6 Å². The van der Waals surface area contributed by atoms with E-state index in [1.807, 2.05) is 0 Å². The number of methoxy groups -OCH3 is 2. The van der Waals surface area contributed by atoms with Crippen LogP contribution in [0.15, 0.2) is 47.4 Å². The molecule has 1 fully saturated rings. The van der Waals surface area contributed by atoms with E-state index in [1.165, 1.54) is 32.4 Å². The Balaban J connectivity index is 1.74. The fraction of sp³-hybridized carbons (Fsp3) is 0.150. The Bertz CT molecular complexity index is 1100. The molecule has 1 aliphatic heterocycles. The normalized spacial score (nSPS) is 14.6. The van der Waals surface area contributed by atoms with Crippen LogP contribution < -0.4 is 14.8 Å². The molecule has 0 radical (unpaired) electrons. The zero-order valence-corrected chi connectivity index (χ0v) is 18.1. The van der Waals surface area contributed by atoms with Crippen LogP contribution in [0.1, 0.15) is 5.56 Å². The molecule has 1 heterocycles. The highest BCUT2D eigenvalue weighted by Gasteiger charge is 2.33. The second-order valence-electron chi connectivity index (χ2n) is 6.20. The molecule has 0 aliphatic carbocycles. The lowest BCUT2D eigenvalue weighted by Gasteiger charge is -2.14. The predicted octanol–water partition coefficient (Wildman–Crippen LogP) is 3.45. The number of carbonyl (C=O) groups excluding carboxylic acids is 2. The molecule has 0 spiro atoms. The van der Waals surface area contributed by atoms with Gasteiger partial charge in [-0.2, -0.15) is 0 Å². The number of nitrogens with zero attached hydrogens (tertiary/aromatic N) is 2. The molecular formula is C20H17N3O6S2. The van der Waals surface area contributed by atoms with Gasteiger partial charge in [-0.25, -0.2) is 0 Å². The Morgan fingerprint density at radius 2 is 1.94 bits per heavy atom. The number of nitrogens with one attached hydrogen (secondary N) is 1. The molecule has 2 aromatic rings. The first-order valence-electron chi connectivity index (χ1n) is 8.84. The van der Waals surface area contributed by atoms with Crippen LogP contribution in [0, 0.1) is 10.1 Å². The number of hydrogen-bond donors (Lipinski definition) is 1. The van der Waals surface area contributed by atoms with Gasteiger partial charge >= 0.3 is 0 Å². The first-order valence-corrected chi connectivity index (χ1v) is 10.1. The molecule has 31 heavy (non-hydrogen) atoms. The van der Waals surface area contributed by atoms with Crippen LogP contribution >= 0.6 is 24.0 Å². The van der Waals surface area contributed by atoms with E-state index in [1.54, 1.807) is 30.3 Å². The number of thiocarbonyl (C=S) groups is 1. The quantitative estimate of drug-likeness (QED) is 0.290. The highest BCUT2D eigenvalue weighted by molar-refractivity contribution is 8.26. The highest BCUT2D eigenvalue weighted by atomic mass is 32.2. The number of para-hydroxylation sites is 2. The summed E-state index contributed by atoms with van der Waals surface area (Å²) >= 11 is 6.31. The van der Waals surface area contributed by atoms with Crippen molar-refractivity contribution < 1.29 is 24.0 Å². The number of ether oxygens (including phenoxy) is 2. The molecule has 9 nitrogen and oxygen atoms in total. The molecule has 3 rings (SSSR count). The number of carbonyl (C=O) groups is 2. The molecule has 1 N–H and O–H groups in total. The average Bonchev–Trinajstić information content (AvgIpc) is 3.01. The minimum Gasteiger partial charge on any atom is -0.493 e. The first kappa shape index (κ1) is 22.2. The molecule has 1 saturated heterocycles. The van der Waals surface area contributed by atoms with Gasteiger partial charge in [-0.05, 0) is 29.8 Å². The molecule has 2 amide bonds. The standard InChI is InChI=1S/C20H17N3O6S2/c1-28-15-8-7-12(9-16(15)29-2)10-17-19(25)22(20(30)31-17)11-18(24)21-13-5-3-4-6-14(13)23(26)27/h3-10H,11H2,1-2H3,(H,21,24). The Morgan fingerprint density at radius 3 is 2.61 bits per heavy atom. The van der Waals surface area contributed by atoms with Crippen molar-refractivity contribution in [2.45, 2.75) is 0 Å². The Kier molecular flexibility index (Phi) is 6.88. The number of benzene rings is 2. The molecule has 160 valence electrons. The Morgan fingerprint density at radius 1 is 1.23 bits per heavy atom. The van der Waals surface area contributed by atoms with Gasteiger partial charge < -0.3 is 14.8 Å². The summed E-state index contributed by atoms with van der Waals surface area (Å²) in [6.45, 7) is -0.361. The van der Waals surface area contributed by atoms with E-state index in [9.17, 15) is 19.7 Å². The minimum absolute atomic E-state index is 0.0452. The second kappa shape index (κ2) is 9.58. The third-order valence-electron chi connectivity index (χ3n) is 4.26. The molecule has 11 heteroatoms. The second-order valence-corrected chi connectivity index (χ2v) is 7.88. The third kappa shape index (κ3) is 5.01. The van der Waals surface area contributed by atoms with E-state index in [0.29, 0.717) is 22.0 Å². The SMILES string of the molecule is COc1ccc(C=C2SC(=S)N(CC(=O)Nc3ccccc3[N+](=O)[O-])C2=O)cc1OC. The summed E-state index contributed by atoms with van der Waals surface area (Å²) in [5.74, 6) is 0.0369. The van der Waals surface area contributed by atoms with Crippen molar-refractivity contribution in [2.75, 3.05) is 26.1 Å². The van der Waals surface area contributed by atoms with E-state index in [0.717, 1.165) is 16.7 Å². The largest absolute Gasteiger partial charge is 0.493 e. The van der Waals surface area contributed by atoms with Crippen molar-refractivity contribution in [3.63, 3.8) is 0 Å². The summed E-state index contributed by atoms with van der Waals surface area (Å²) in [5, 5.41) is 13.6. The van der Waals surface area contributed by atoms with Crippen LogP contribution in [0.25, 0.3) is 6.08 Å². The number of anilines is 1. The maximum Gasteiger partial charge on any atom is 0.292 e. The van der Waals surface area contributed by atoms with Gasteiger partial charge in [0.15, 0.2) is 11.5 Å². The van der Waals surface area contributed by atoms with Crippen LogP contribution in [-0.4, -0.2) is 46.7 Å². The molecule has 0 unspecified atom stereocenters. The van der Waals surface area contributed by atoms with E-state index in [-0.39, 0.29) is 22.2 Å². The highest BCUT2D eigenvalue weighted by Crippen LogP contribution is 2.34. The van der Waals surface area contributed by atoms with Gasteiger partial charge in [0.05, 0.1) is 24.0 Å². The summed E-state index contributed by atoms with van der Waals surface area (Å²) in [7, 11) is 3.04. The lowest BCUT2D eigenvalue weighted by molar-refractivity contribution is -0.383. The fourth-order valence-corrected chi connectivity index (χ4v) is 4.06. The first-order chi connectivity index (χ1) is 14.8. The summed E-state index contributed by atoms with van der Waals surface area (Å²) in [5.41, 5.74) is 0.501. The smallest absolute Gasteiger partial charge is 0.292 e. The van der Waals surface area contributed by atoms with Gasteiger partial charge in [0, 0.05) is 6.07 Å². The minimum atomic E-state index is -0.599. The maximum absolute atomic E-state index is 12.8. The predicted molar refractivity (Wildman–Crippen MR) is 121 cm³/mol. The number of thioether (sulfide) groups is 1. The zero-order valence-electron chi connectivity index (χ0n) is 16.5. The molecule has 0 atom stereocenters. The Hall–Kier alpha value is -3.44. The average molecular weight is 460 g/mol. The van der Waals surface area contributed by atoms with Crippen LogP contribution in [0.4, 0.5) is 11.4 Å². The van der Waals surface area contributed by atoms with Crippen LogP contribution in [-0.2, 0) is 9.59 Å². The number of hydrogen-bond acceptors (Lipinski definition) is 8. The number of amides is 2. The van der Waals surface area contributed by atoms with Crippen molar-refractivity contribution in [1.82, 2.24) is 4.90 Å². The van der Waals surface area contributed by atoms with Gasteiger partial charge in [0.25, 0.3) is 11.6 Å². The summed E-state index contributed by atoms with van der Waals surface area (Å²) in [6, 6.07) is 10.9. The van der Waals surface area contributed by atoms with Crippen LogP contribution in [0.3, 0.4) is 0 Å². The lowest BCUT2D eigenvalue weighted by atomic mass is 10.2. The van der Waals surface area contributed by atoms with Crippen molar-refractivity contribution >= 4 is 57.6 Å². The zero-order chi connectivity index (χ0) is 22.5. The van der Waals surface area contributed by atoms with E-state index >= 15 is 0 Å². The van der Waals surface area contributed by atoms with E-state index in [2.05, 4.69) is 5.32 Å². The summed E-state index contributed by atoms with van der Waals surface area (Å²) in [4.78, 5) is 37.2. The number of nitro benzene ring substituents is 1. The van der Waals surface area contributed by atoms with Gasteiger partial charge in [-0.15, -0.1) is 0 Å². The van der Waals surface area contributed by atoms with E-state index in [4.69, 9.17) is 21.7 Å². The van der Waals surface area contributed by atoms with Crippen molar-refractivity contribution in [2.24, 2.45) is 0 Å². The van der Waals surface area contributed by atoms with Crippen molar-refractivity contribution in [3.8, 4) is 11.5 Å². The number of rotatable bonds is 7. The summed E-state index contributed by atoms with van der Waals surface area (Å²) < 4.78 is 10.7. The van der Waals surface area contributed by atoms with Crippen molar-refractivity contribution in [1.29, 1.82) is 0 Å². The summed E-state index contributed by atoms with van der Waals surface area (Å²) in [6.07, 6.45) is 1.64. The topological polar surface area (TPSA) is 111 Å².